The molecule has 0 bridgehead atoms. The van der Waals surface area contributed by atoms with Crippen LogP contribution in [0.2, 0.25) is 0 Å². The second-order valence-corrected chi connectivity index (χ2v) is 8.93. The molecule has 7 nitrogen and oxygen atoms in total. The third kappa shape index (κ3) is 3.31. The number of rotatable bonds is 6. The number of aliphatic hydroxyl groups excluding tert-OH is 1. The zero-order valence-electron chi connectivity index (χ0n) is 18.7. The highest BCUT2D eigenvalue weighted by molar-refractivity contribution is 6.06. The third-order valence-electron chi connectivity index (χ3n) is 7.19. The molecule has 0 spiro atoms. The van der Waals surface area contributed by atoms with Crippen molar-refractivity contribution in [3.05, 3.63) is 57.0 Å². The van der Waals surface area contributed by atoms with Crippen LogP contribution in [0.4, 0.5) is 5.69 Å². The summed E-state index contributed by atoms with van der Waals surface area (Å²) >= 11 is 0. The molecule has 0 saturated heterocycles. The number of aromatic nitrogens is 1. The molecule has 0 radical (unpaired) electrons. The Balaban J connectivity index is 1.58. The highest BCUT2D eigenvalue weighted by atomic mass is 16.6. The second kappa shape index (κ2) is 8.46. The Morgan fingerprint density at radius 3 is 2.78 bits per heavy atom. The van der Waals surface area contributed by atoms with E-state index in [-0.39, 0.29) is 29.9 Å². The van der Waals surface area contributed by atoms with Gasteiger partial charge in [0.25, 0.3) is 5.56 Å². The van der Waals surface area contributed by atoms with E-state index in [2.05, 4.69) is 19.1 Å². The van der Waals surface area contributed by atoms with Crippen molar-refractivity contribution in [2.24, 2.45) is 16.6 Å². The van der Waals surface area contributed by atoms with Crippen molar-refractivity contribution in [2.45, 2.75) is 64.4 Å². The molecule has 1 aromatic carbocycles. The summed E-state index contributed by atoms with van der Waals surface area (Å²) in [5.74, 6) is 1.06. The maximum atomic E-state index is 13.4. The predicted molar refractivity (Wildman–Crippen MR) is 123 cm³/mol. The van der Waals surface area contributed by atoms with Crippen molar-refractivity contribution in [2.75, 3.05) is 13.2 Å². The minimum absolute atomic E-state index is 0.00957. The number of hydrogen-bond donors (Lipinski definition) is 2. The molecule has 5 rings (SSSR count). The number of fused-ring (bicyclic) bond motifs is 5. The molecule has 4 heterocycles. The zero-order valence-corrected chi connectivity index (χ0v) is 18.7. The lowest BCUT2D eigenvalue weighted by molar-refractivity contribution is -0.134. The van der Waals surface area contributed by atoms with E-state index < -0.39 is 6.29 Å². The van der Waals surface area contributed by atoms with Crippen LogP contribution in [0.1, 0.15) is 67.3 Å². The average molecular weight is 438 g/mol. The predicted octanol–water partition coefficient (Wildman–Crippen LogP) is 3.18. The Morgan fingerprint density at radius 2 is 2.03 bits per heavy atom. The van der Waals surface area contributed by atoms with Crippen molar-refractivity contribution >= 4 is 11.4 Å². The summed E-state index contributed by atoms with van der Waals surface area (Å²) in [5.41, 5.74) is 11.2. The fourth-order valence-corrected chi connectivity index (χ4v) is 5.51. The topological polar surface area (TPSA) is 99.1 Å². The van der Waals surface area contributed by atoms with Gasteiger partial charge in [-0.2, -0.15) is 0 Å². The van der Waals surface area contributed by atoms with E-state index in [4.69, 9.17) is 20.2 Å². The van der Waals surface area contributed by atoms with E-state index in [1.165, 1.54) is 5.56 Å². The molecule has 3 aliphatic heterocycles. The first-order valence-corrected chi connectivity index (χ1v) is 11.7. The highest BCUT2D eigenvalue weighted by Crippen LogP contribution is 2.46. The van der Waals surface area contributed by atoms with Gasteiger partial charge >= 0.3 is 0 Å². The molecule has 3 N–H and O–H groups in total. The minimum atomic E-state index is -0.873. The van der Waals surface area contributed by atoms with Gasteiger partial charge in [0.05, 0.1) is 30.3 Å². The lowest BCUT2D eigenvalue weighted by Gasteiger charge is -2.30. The van der Waals surface area contributed by atoms with E-state index in [9.17, 15) is 9.90 Å². The van der Waals surface area contributed by atoms with Gasteiger partial charge in [-0.25, -0.2) is 0 Å². The van der Waals surface area contributed by atoms with Crippen LogP contribution in [0.5, 0.6) is 5.75 Å². The molecule has 2 aromatic rings. The second-order valence-electron chi connectivity index (χ2n) is 8.93. The number of benzene rings is 1. The van der Waals surface area contributed by atoms with E-state index in [0.717, 1.165) is 41.2 Å². The van der Waals surface area contributed by atoms with Gasteiger partial charge in [-0.1, -0.05) is 13.8 Å². The van der Waals surface area contributed by atoms with Crippen molar-refractivity contribution in [1.29, 1.82) is 0 Å². The van der Waals surface area contributed by atoms with Gasteiger partial charge in [0, 0.05) is 23.9 Å². The van der Waals surface area contributed by atoms with Gasteiger partial charge in [-0.3, -0.25) is 9.79 Å². The van der Waals surface area contributed by atoms with Gasteiger partial charge in [0.1, 0.15) is 5.75 Å². The Kier molecular flexibility index (Phi) is 5.65. The minimum Gasteiger partial charge on any atom is -0.494 e. The third-order valence-corrected chi connectivity index (χ3v) is 7.19. The maximum Gasteiger partial charge on any atom is 0.256 e. The summed E-state index contributed by atoms with van der Waals surface area (Å²) in [5, 5.41) is 10.3. The summed E-state index contributed by atoms with van der Waals surface area (Å²) in [6.07, 6.45) is 1.60. The van der Waals surface area contributed by atoms with E-state index in [1.54, 1.807) is 0 Å². The molecule has 0 aliphatic carbocycles. The first-order valence-electron chi connectivity index (χ1n) is 11.7. The lowest BCUT2D eigenvalue weighted by atomic mass is 9.78. The Labute approximate surface area is 187 Å². The molecule has 0 saturated carbocycles. The van der Waals surface area contributed by atoms with E-state index >= 15 is 0 Å². The summed E-state index contributed by atoms with van der Waals surface area (Å²) in [6.45, 7) is 6.18. The summed E-state index contributed by atoms with van der Waals surface area (Å²) in [4.78, 5) is 18.4. The van der Waals surface area contributed by atoms with Crippen molar-refractivity contribution in [3.63, 3.8) is 0 Å². The van der Waals surface area contributed by atoms with Crippen LogP contribution in [0.25, 0.3) is 0 Å². The van der Waals surface area contributed by atoms with Crippen LogP contribution in [0.3, 0.4) is 0 Å². The Morgan fingerprint density at radius 1 is 1.22 bits per heavy atom. The first kappa shape index (κ1) is 21.4. The van der Waals surface area contributed by atoms with Gasteiger partial charge in [-0.05, 0) is 67.1 Å². The molecule has 7 heteroatoms. The number of aliphatic hydroxyl groups is 1. The number of ether oxygens (including phenoxy) is 2. The molecule has 0 amide bonds. The first-order chi connectivity index (χ1) is 15.6. The maximum absolute atomic E-state index is 13.4. The zero-order chi connectivity index (χ0) is 22.4. The van der Waals surface area contributed by atoms with Gasteiger partial charge < -0.3 is 24.9 Å². The van der Waals surface area contributed by atoms with Crippen molar-refractivity contribution < 1.29 is 14.6 Å². The Hall–Kier alpha value is -2.48. The average Bonchev–Trinajstić information content (AvgIpc) is 3.16. The smallest absolute Gasteiger partial charge is 0.256 e. The Bertz CT molecular complexity index is 1120. The fourth-order valence-electron chi connectivity index (χ4n) is 5.51. The van der Waals surface area contributed by atoms with Crippen LogP contribution in [-0.4, -0.2) is 34.8 Å². The van der Waals surface area contributed by atoms with Crippen LogP contribution in [-0.2, 0) is 17.9 Å². The van der Waals surface area contributed by atoms with Crippen LogP contribution in [0.15, 0.2) is 34.1 Å². The molecule has 170 valence electrons. The van der Waals surface area contributed by atoms with Gasteiger partial charge in [-0.15, -0.1) is 0 Å². The fraction of sp³-hybridized carbons (Fsp3) is 0.520. The largest absolute Gasteiger partial charge is 0.494 e. The number of nitrogens with two attached hydrogens (primary N) is 1. The van der Waals surface area contributed by atoms with Crippen LogP contribution in [0, 0.1) is 5.92 Å². The lowest BCUT2D eigenvalue weighted by Crippen LogP contribution is -2.35. The number of aliphatic imine (C=N–C) groups is 1. The summed E-state index contributed by atoms with van der Waals surface area (Å²) in [6, 6.07) is 8.17. The highest BCUT2D eigenvalue weighted by Gasteiger charge is 2.41. The van der Waals surface area contributed by atoms with Gasteiger partial charge in [0.15, 0.2) is 6.29 Å². The van der Waals surface area contributed by atoms with E-state index in [1.807, 2.05) is 23.6 Å². The molecule has 0 fully saturated rings. The number of pyridine rings is 1. The summed E-state index contributed by atoms with van der Waals surface area (Å²) < 4.78 is 13.2. The van der Waals surface area contributed by atoms with Gasteiger partial charge in [0.2, 0.25) is 0 Å². The summed E-state index contributed by atoms with van der Waals surface area (Å²) in [7, 11) is 0. The van der Waals surface area contributed by atoms with Crippen molar-refractivity contribution in [3.8, 4) is 5.75 Å². The molecule has 3 aliphatic rings. The monoisotopic (exact) mass is 437 g/mol. The van der Waals surface area contributed by atoms with Crippen LogP contribution >= 0.6 is 0 Å². The molecule has 4 unspecified atom stereocenters. The normalized spacial score (nSPS) is 25.4. The molecular formula is C25H31N3O4. The van der Waals surface area contributed by atoms with Crippen LogP contribution < -0.4 is 16.0 Å². The molecule has 1 aromatic heterocycles. The molecule has 4 atom stereocenters. The SMILES string of the molecule is CCC1c2cc3n(c(=O)c2COC1O)CC1C3=Nc2ccc(OCCCN)cc2C1CC. The standard InChI is InChI=1S/C25H31N3O4/c1-3-15-18-10-14(31-9-5-8-26)6-7-21(18)27-23-19(15)12-28-22(23)11-17-16(4-2)25(30)32-13-20(17)24(28)29/h6-7,10-11,15-16,19,25,30H,3-5,8-9,12-13,26H2,1-2H3. The van der Waals surface area contributed by atoms with Crippen molar-refractivity contribution in [1.82, 2.24) is 4.57 Å². The van der Waals surface area contributed by atoms with E-state index in [0.29, 0.717) is 31.7 Å². The quantitative estimate of drug-likeness (QED) is 0.677. The number of nitrogens with zero attached hydrogens (tertiary/aromatic N) is 2. The number of hydrogen-bond acceptors (Lipinski definition) is 6. The molecular weight excluding hydrogens is 406 g/mol. The molecule has 32 heavy (non-hydrogen) atoms.